The van der Waals surface area contributed by atoms with Gasteiger partial charge < -0.3 is 4.74 Å². The fourth-order valence-electron chi connectivity index (χ4n) is 3.45. The lowest BCUT2D eigenvalue weighted by Gasteiger charge is -2.22. The number of hydrogen-bond acceptors (Lipinski definition) is 2. The molecule has 0 aromatic heterocycles. The predicted molar refractivity (Wildman–Crippen MR) is 83.3 cm³/mol. The molecule has 0 saturated carbocycles. The van der Waals surface area contributed by atoms with Gasteiger partial charge in [0.1, 0.15) is 6.10 Å². The second-order valence-corrected chi connectivity index (χ2v) is 5.94. The first-order chi connectivity index (χ1) is 10.1. The summed E-state index contributed by atoms with van der Waals surface area (Å²) in [6, 6.07) is 14.5. The number of esters is 1. The zero-order valence-corrected chi connectivity index (χ0v) is 12.7. The number of rotatable bonds is 2. The molecule has 2 atom stereocenters. The van der Waals surface area contributed by atoms with Crippen molar-refractivity contribution >= 4 is 5.97 Å². The zero-order chi connectivity index (χ0) is 15.0. The lowest BCUT2D eigenvalue weighted by molar-refractivity contribution is -0.141. The van der Waals surface area contributed by atoms with Crippen molar-refractivity contribution in [3.05, 3.63) is 70.3 Å². The van der Waals surface area contributed by atoms with Gasteiger partial charge in [-0.3, -0.25) is 4.79 Å². The molecular weight excluding hydrogens is 260 g/mol. The molecule has 21 heavy (non-hydrogen) atoms. The van der Waals surface area contributed by atoms with E-state index >= 15 is 0 Å². The van der Waals surface area contributed by atoms with Crippen molar-refractivity contribution in [1.82, 2.24) is 0 Å². The molecule has 2 aromatic carbocycles. The van der Waals surface area contributed by atoms with Crippen LogP contribution in [-0.4, -0.2) is 5.97 Å². The van der Waals surface area contributed by atoms with Crippen molar-refractivity contribution < 1.29 is 9.53 Å². The van der Waals surface area contributed by atoms with E-state index in [0.29, 0.717) is 6.42 Å². The number of carbonyl (C=O) groups is 1. The Morgan fingerprint density at radius 1 is 1.00 bits per heavy atom. The molecule has 3 rings (SSSR count). The number of benzene rings is 2. The van der Waals surface area contributed by atoms with Gasteiger partial charge in [-0.1, -0.05) is 48.0 Å². The summed E-state index contributed by atoms with van der Waals surface area (Å²) in [4.78, 5) is 11.9. The van der Waals surface area contributed by atoms with Gasteiger partial charge in [0.25, 0.3) is 0 Å². The number of cyclic esters (lactones) is 1. The van der Waals surface area contributed by atoms with Gasteiger partial charge in [0.15, 0.2) is 0 Å². The molecule has 0 radical (unpaired) electrons. The fourth-order valence-corrected chi connectivity index (χ4v) is 3.45. The lowest BCUT2D eigenvalue weighted by Crippen LogP contribution is -2.10. The quantitative estimate of drug-likeness (QED) is 0.763. The molecule has 0 bridgehead atoms. The molecule has 2 nitrogen and oxygen atoms in total. The minimum absolute atomic E-state index is 0.103. The van der Waals surface area contributed by atoms with E-state index in [1.165, 1.54) is 27.8 Å². The first-order valence-electron chi connectivity index (χ1n) is 7.38. The van der Waals surface area contributed by atoms with Crippen LogP contribution in [0, 0.1) is 20.8 Å². The maximum Gasteiger partial charge on any atom is 0.307 e. The lowest BCUT2D eigenvalue weighted by atomic mass is 9.84. The van der Waals surface area contributed by atoms with Crippen molar-refractivity contribution in [3.8, 4) is 0 Å². The van der Waals surface area contributed by atoms with E-state index in [2.05, 4.69) is 45.0 Å². The van der Waals surface area contributed by atoms with E-state index in [0.717, 1.165) is 0 Å². The molecule has 0 spiro atoms. The zero-order valence-electron chi connectivity index (χ0n) is 12.7. The van der Waals surface area contributed by atoms with Crippen molar-refractivity contribution in [2.24, 2.45) is 0 Å². The Bertz CT molecular complexity index is 650. The average molecular weight is 280 g/mol. The summed E-state index contributed by atoms with van der Waals surface area (Å²) in [7, 11) is 0. The highest BCUT2D eigenvalue weighted by molar-refractivity contribution is 5.74. The number of carbonyl (C=O) groups excluding carboxylic acids is 1. The van der Waals surface area contributed by atoms with Crippen LogP contribution in [0.2, 0.25) is 0 Å². The third-order valence-electron chi connectivity index (χ3n) is 4.26. The molecule has 1 aliphatic heterocycles. The summed E-state index contributed by atoms with van der Waals surface area (Å²) in [5.74, 6) is 0.00651. The second-order valence-electron chi connectivity index (χ2n) is 5.94. The number of aryl methyl sites for hydroxylation is 3. The molecule has 1 aliphatic rings. The Labute approximate surface area is 125 Å². The Morgan fingerprint density at radius 3 is 2.24 bits per heavy atom. The summed E-state index contributed by atoms with van der Waals surface area (Å²) < 4.78 is 5.68. The van der Waals surface area contributed by atoms with Crippen LogP contribution >= 0.6 is 0 Å². The summed E-state index contributed by atoms with van der Waals surface area (Å²) in [6.45, 7) is 6.30. The van der Waals surface area contributed by atoms with E-state index in [4.69, 9.17) is 4.74 Å². The first-order valence-corrected chi connectivity index (χ1v) is 7.38. The number of ether oxygens (including phenoxy) is 1. The van der Waals surface area contributed by atoms with Crippen LogP contribution in [0.25, 0.3) is 0 Å². The van der Waals surface area contributed by atoms with Gasteiger partial charge in [-0.15, -0.1) is 0 Å². The molecule has 0 amide bonds. The summed E-state index contributed by atoms with van der Waals surface area (Å²) in [6.07, 6.45) is 0.294. The molecule has 108 valence electrons. The minimum atomic E-state index is -0.166. The van der Waals surface area contributed by atoms with E-state index in [-0.39, 0.29) is 18.0 Å². The van der Waals surface area contributed by atoms with Crippen LogP contribution in [0.15, 0.2) is 42.5 Å². The molecule has 1 fully saturated rings. The molecular formula is C19H20O2. The molecule has 0 aliphatic carbocycles. The fraction of sp³-hybridized carbons (Fsp3) is 0.316. The smallest absolute Gasteiger partial charge is 0.307 e. The van der Waals surface area contributed by atoms with Crippen molar-refractivity contribution in [3.63, 3.8) is 0 Å². The molecule has 2 aromatic rings. The van der Waals surface area contributed by atoms with Crippen molar-refractivity contribution in [2.45, 2.75) is 39.2 Å². The standard InChI is InChI=1S/C19H20O2/c1-12-9-13(2)18(14(3)10-12)19-16(11-17(20)21-19)15-7-5-4-6-8-15/h4-10,16,19H,11H2,1-3H3/t16-,19+/m1/s1. The third-order valence-corrected chi connectivity index (χ3v) is 4.26. The van der Waals surface area contributed by atoms with Gasteiger partial charge in [-0.05, 0) is 43.0 Å². The second kappa shape index (κ2) is 5.36. The van der Waals surface area contributed by atoms with Crippen LogP contribution in [0.3, 0.4) is 0 Å². The molecule has 0 N–H and O–H groups in total. The van der Waals surface area contributed by atoms with E-state index in [1.807, 2.05) is 18.2 Å². The highest BCUT2D eigenvalue weighted by atomic mass is 16.5. The topological polar surface area (TPSA) is 26.3 Å². The van der Waals surface area contributed by atoms with Gasteiger partial charge in [-0.25, -0.2) is 0 Å². The number of hydrogen-bond donors (Lipinski definition) is 0. The van der Waals surface area contributed by atoms with Crippen molar-refractivity contribution in [2.75, 3.05) is 0 Å². The van der Waals surface area contributed by atoms with Crippen LogP contribution in [0.1, 0.15) is 46.3 Å². The molecule has 0 unspecified atom stereocenters. The van der Waals surface area contributed by atoms with Gasteiger partial charge in [0.05, 0.1) is 6.42 Å². The van der Waals surface area contributed by atoms with E-state index in [9.17, 15) is 4.79 Å². The van der Waals surface area contributed by atoms with Gasteiger partial charge in [-0.2, -0.15) is 0 Å². The summed E-state index contributed by atoms with van der Waals surface area (Å²) in [5.41, 5.74) is 5.99. The maximum atomic E-state index is 11.9. The van der Waals surface area contributed by atoms with Crippen LogP contribution in [0.4, 0.5) is 0 Å². The van der Waals surface area contributed by atoms with Gasteiger partial charge in [0.2, 0.25) is 0 Å². The predicted octanol–water partition coefficient (Wildman–Crippen LogP) is 4.38. The molecule has 1 heterocycles. The Morgan fingerprint density at radius 2 is 1.62 bits per heavy atom. The van der Waals surface area contributed by atoms with E-state index < -0.39 is 0 Å². The normalized spacial score (nSPS) is 21.4. The third kappa shape index (κ3) is 2.58. The average Bonchev–Trinajstić information content (AvgIpc) is 2.80. The largest absolute Gasteiger partial charge is 0.457 e. The van der Waals surface area contributed by atoms with Gasteiger partial charge >= 0.3 is 5.97 Å². The van der Waals surface area contributed by atoms with Gasteiger partial charge in [0, 0.05) is 5.92 Å². The summed E-state index contributed by atoms with van der Waals surface area (Å²) >= 11 is 0. The van der Waals surface area contributed by atoms with Crippen LogP contribution in [-0.2, 0) is 9.53 Å². The monoisotopic (exact) mass is 280 g/mol. The maximum absolute atomic E-state index is 11.9. The van der Waals surface area contributed by atoms with E-state index in [1.54, 1.807) is 0 Å². The molecule has 1 saturated heterocycles. The highest BCUT2D eigenvalue weighted by Gasteiger charge is 2.38. The highest BCUT2D eigenvalue weighted by Crippen LogP contribution is 2.44. The Balaban J connectivity index is 2.06. The summed E-state index contributed by atoms with van der Waals surface area (Å²) in [5, 5.41) is 0. The SMILES string of the molecule is Cc1cc(C)c([C@H]2OC(=O)C[C@@H]2c2ccccc2)c(C)c1. The Kier molecular flexibility index (Phi) is 3.54. The van der Waals surface area contributed by atoms with Crippen LogP contribution < -0.4 is 0 Å². The molecule has 2 heteroatoms. The van der Waals surface area contributed by atoms with Crippen molar-refractivity contribution in [1.29, 1.82) is 0 Å². The first kappa shape index (κ1) is 13.9. The van der Waals surface area contributed by atoms with Crippen LogP contribution in [0.5, 0.6) is 0 Å². The Hall–Kier alpha value is -2.09. The minimum Gasteiger partial charge on any atom is -0.457 e.